The number of hydrogen-bond donors (Lipinski definition) is 6. The van der Waals surface area contributed by atoms with Gasteiger partial charge in [0.1, 0.15) is 60.0 Å². The zero-order valence-electron chi connectivity index (χ0n) is 60.3. The summed E-state index contributed by atoms with van der Waals surface area (Å²) in [7, 11) is 9.43. The topological polar surface area (TPSA) is 317 Å². The molecule has 26 nitrogen and oxygen atoms in total. The molecule has 1 heterocycles. The van der Waals surface area contributed by atoms with Crippen LogP contribution in [0.5, 0.6) is 0 Å². The van der Waals surface area contributed by atoms with Crippen LogP contribution in [0, 0.1) is 35.5 Å². The molecule has 1 unspecified atom stereocenters. The molecule has 0 aromatic heterocycles. The maximum Gasteiger partial charge on any atom is 0.407 e. The Hall–Kier alpha value is -6.60. The number of ether oxygens (including phenoxy) is 1. The van der Waals surface area contributed by atoms with Crippen molar-refractivity contribution in [3.05, 3.63) is 0 Å². The molecule has 0 saturated carbocycles. The molecule has 1 aliphatic rings. The molecule has 13 amide bonds. The highest BCUT2D eigenvalue weighted by Gasteiger charge is 2.45. The normalized spacial score (nSPS) is 24.7. The molecule has 528 valence electrons. The SMILES string of the molecule is CC[C@@H]1NC(=O)C([C@H](O)[C@H](C)CCCCCCCCNC(=O)OC(C)(C)C)N(C)C(=O)[C@H](C(C)C)N(C)C(=O)N(C)C(=O)[C@@H](CC(C)C)N(C)C(=O)[C@H](C)NC(=O)[C@@H](C)NC(=O)[C@@H](CC(C)C)N(C)C(=O)[C@@H](C(C)C)NC(=O)[C@H](CC(C)C)N(C)C(=O)CN(C)C1=O. The van der Waals surface area contributed by atoms with Crippen molar-refractivity contribution in [2.75, 3.05) is 62.4 Å². The van der Waals surface area contributed by atoms with E-state index in [0.717, 1.165) is 56.6 Å². The molecule has 26 heteroatoms. The number of amides is 13. The average molecular weight is 1310 g/mol. The highest BCUT2D eigenvalue weighted by Crippen LogP contribution is 2.25. The average Bonchev–Trinajstić information content (AvgIpc) is 2.65. The van der Waals surface area contributed by atoms with Gasteiger partial charge in [-0.2, -0.15) is 0 Å². The molecule has 1 aliphatic heterocycles. The van der Waals surface area contributed by atoms with Crippen molar-refractivity contribution >= 4 is 71.2 Å². The number of imide groups is 1. The van der Waals surface area contributed by atoms with E-state index in [4.69, 9.17) is 4.74 Å². The van der Waals surface area contributed by atoms with Crippen LogP contribution in [0.4, 0.5) is 9.59 Å². The van der Waals surface area contributed by atoms with Crippen molar-refractivity contribution in [1.29, 1.82) is 0 Å². The van der Waals surface area contributed by atoms with E-state index in [1.807, 2.05) is 41.5 Å². The van der Waals surface area contributed by atoms with Crippen molar-refractivity contribution in [1.82, 2.24) is 60.9 Å². The summed E-state index contributed by atoms with van der Waals surface area (Å²) in [5, 5.41) is 26.0. The molecule has 1 saturated heterocycles. The van der Waals surface area contributed by atoms with Crippen LogP contribution in [0.2, 0.25) is 0 Å². The first-order valence-electron chi connectivity index (χ1n) is 33.2. The molecule has 92 heavy (non-hydrogen) atoms. The summed E-state index contributed by atoms with van der Waals surface area (Å²) in [5.74, 6) is -9.58. The van der Waals surface area contributed by atoms with Gasteiger partial charge < -0.3 is 65.8 Å². The van der Waals surface area contributed by atoms with Crippen molar-refractivity contribution in [2.45, 2.75) is 254 Å². The Labute approximate surface area is 549 Å². The summed E-state index contributed by atoms with van der Waals surface area (Å²) in [6, 6.07) is -12.5. The highest BCUT2D eigenvalue weighted by molar-refractivity contribution is 6.02. The fourth-order valence-electron chi connectivity index (χ4n) is 11.2. The van der Waals surface area contributed by atoms with Gasteiger partial charge in [0.25, 0.3) is 5.91 Å². The van der Waals surface area contributed by atoms with E-state index in [1.165, 1.54) is 73.0 Å². The standard InChI is InChI=1S/C66H120N12O14/c1-25-46-60(86)72(18)37-50(79)73(19)47(34-38(2)3)57(83)71-51(41(8)9)62(88)74(20)48(35-39(4)5)56(82)68-44(13)55(81)69-45(14)59(85)75(21)49(36-40(6)7)61(87)78(24)65(91)77(23)52(42(10)11)63(89)76(22)53(58(84)70-46)54(80)43(12)32-30-28-26-27-29-31-33-67-64(90)92-66(15,16)17/h38-49,51-54,80H,25-37H2,1-24H3,(H,67,90)(H,68,82)(H,69,81)(H,70,84)(H,71,83)/t43-,44-,45+,46+,47+,48-,49-,51-,52+,53?,54-/m1/s1. The van der Waals surface area contributed by atoms with E-state index in [-0.39, 0.29) is 43.4 Å². The molecular formula is C66H120N12O14. The van der Waals surface area contributed by atoms with Crippen molar-refractivity contribution in [2.24, 2.45) is 35.5 Å². The zero-order chi connectivity index (χ0) is 71.1. The van der Waals surface area contributed by atoms with E-state index in [0.29, 0.717) is 19.4 Å². The van der Waals surface area contributed by atoms with Crippen LogP contribution >= 0.6 is 0 Å². The van der Waals surface area contributed by atoms with E-state index < -0.39 is 162 Å². The number of rotatable bonds is 20. The first-order valence-corrected chi connectivity index (χ1v) is 33.2. The second-order valence-electron chi connectivity index (χ2n) is 28.4. The third-order valence-electron chi connectivity index (χ3n) is 16.9. The van der Waals surface area contributed by atoms with Gasteiger partial charge in [-0.15, -0.1) is 0 Å². The summed E-state index contributed by atoms with van der Waals surface area (Å²) in [6.45, 7) is 29.3. The fourth-order valence-corrected chi connectivity index (χ4v) is 11.2. The zero-order valence-corrected chi connectivity index (χ0v) is 60.3. The lowest BCUT2D eigenvalue weighted by molar-refractivity contribution is -0.150. The van der Waals surface area contributed by atoms with E-state index in [9.17, 15) is 57.8 Å². The first-order chi connectivity index (χ1) is 42.4. The second-order valence-corrected chi connectivity index (χ2v) is 28.4. The quantitative estimate of drug-likeness (QED) is 0.0898. The summed E-state index contributed by atoms with van der Waals surface area (Å²) < 4.78 is 5.30. The minimum Gasteiger partial charge on any atom is -0.444 e. The highest BCUT2D eigenvalue weighted by atomic mass is 16.6. The molecule has 0 bridgehead atoms. The minimum atomic E-state index is -1.65. The van der Waals surface area contributed by atoms with Gasteiger partial charge in [-0.05, 0) is 109 Å². The molecule has 1 fully saturated rings. The number of aliphatic hydroxyl groups is 1. The van der Waals surface area contributed by atoms with E-state index >= 15 is 4.79 Å². The summed E-state index contributed by atoms with van der Waals surface area (Å²) in [6.07, 6.45) is 3.54. The molecule has 6 N–H and O–H groups in total. The minimum absolute atomic E-state index is 0.000550. The number of unbranched alkanes of at least 4 members (excludes halogenated alkanes) is 5. The van der Waals surface area contributed by atoms with Gasteiger partial charge in [0.15, 0.2) is 0 Å². The molecular weight excluding hydrogens is 1180 g/mol. The van der Waals surface area contributed by atoms with Crippen LogP contribution < -0.4 is 26.6 Å². The third kappa shape index (κ3) is 25.7. The lowest BCUT2D eigenvalue weighted by Gasteiger charge is -2.40. The summed E-state index contributed by atoms with van der Waals surface area (Å²) >= 11 is 0. The predicted molar refractivity (Wildman–Crippen MR) is 353 cm³/mol. The lowest BCUT2D eigenvalue weighted by Crippen LogP contribution is -2.63. The third-order valence-corrected chi connectivity index (χ3v) is 16.9. The number of likely N-dealkylation sites (N-methyl/N-ethyl adjacent to an activating group) is 7. The van der Waals surface area contributed by atoms with Gasteiger partial charge in [-0.25, -0.2) is 9.59 Å². The summed E-state index contributed by atoms with van der Waals surface area (Å²) in [4.78, 5) is 179. The van der Waals surface area contributed by atoms with Crippen LogP contribution in [0.1, 0.15) is 188 Å². The number of alkyl carbamates (subject to hydrolysis) is 1. The Balaban J connectivity index is 4.06. The molecule has 0 spiro atoms. The first kappa shape index (κ1) is 83.4. The number of nitrogens with one attached hydrogen (secondary N) is 5. The maximum atomic E-state index is 15.1. The Kier molecular flexibility index (Phi) is 35.0. The second kappa shape index (κ2) is 38.6. The van der Waals surface area contributed by atoms with Crippen molar-refractivity contribution < 1.29 is 67.4 Å². The van der Waals surface area contributed by atoms with E-state index in [2.05, 4.69) is 26.6 Å². The van der Waals surface area contributed by atoms with Gasteiger partial charge in [-0.3, -0.25) is 52.8 Å². The Morgan fingerprint density at radius 2 is 1.01 bits per heavy atom. The molecule has 0 aromatic carbocycles. The predicted octanol–water partition coefficient (Wildman–Crippen LogP) is 4.74. The monoisotopic (exact) mass is 1300 g/mol. The number of nitrogens with zero attached hydrogens (tertiary/aromatic N) is 7. The molecule has 0 radical (unpaired) electrons. The van der Waals surface area contributed by atoms with Crippen LogP contribution in [-0.4, -0.2) is 239 Å². The Bertz CT molecular complexity index is 2490. The summed E-state index contributed by atoms with van der Waals surface area (Å²) in [5.41, 5.74) is -0.605. The number of carbonyl (C=O) groups is 12. The largest absolute Gasteiger partial charge is 0.444 e. The van der Waals surface area contributed by atoms with Gasteiger partial charge in [0.2, 0.25) is 53.2 Å². The Morgan fingerprint density at radius 1 is 0.533 bits per heavy atom. The van der Waals surface area contributed by atoms with Gasteiger partial charge in [-0.1, -0.05) is 115 Å². The molecule has 0 aromatic rings. The van der Waals surface area contributed by atoms with Gasteiger partial charge in [0.05, 0.1) is 12.6 Å². The number of hydrogen-bond acceptors (Lipinski definition) is 14. The van der Waals surface area contributed by atoms with Crippen LogP contribution in [0.25, 0.3) is 0 Å². The van der Waals surface area contributed by atoms with E-state index in [1.54, 1.807) is 62.3 Å². The van der Waals surface area contributed by atoms with Gasteiger partial charge in [0, 0.05) is 55.9 Å². The van der Waals surface area contributed by atoms with Crippen molar-refractivity contribution in [3.63, 3.8) is 0 Å². The number of carbonyl (C=O) groups excluding carboxylic acids is 12. The van der Waals surface area contributed by atoms with Gasteiger partial charge >= 0.3 is 12.1 Å². The van der Waals surface area contributed by atoms with Crippen LogP contribution in [0.3, 0.4) is 0 Å². The lowest BCUT2D eigenvalue weighted by atomic mass is 9.90. The molecule has 1 rings (SSSR count). The number of aliphatic hydroxyl groups excluding tert-OH is 1. The molecule has 0 aliphatic carbocycles. The Morgan fingerprint density at radius 3 is 1.51 bits per heavy atom. The molecule has 11 atom stereocenters. The fraction of sp³-hybridized carbons (Fsp3) is 0.818. The number of urea groups is 1. The maximum absolute atomic E-state index is 15.1. The van der Waals surface area contributed by atoms with Crippen molar-refractivity contribution in [3.8, 4) is 0 Å². The van der Waals surface area contributed by atoms with Crippen LogP contribution in [0.15, 0.2) is 0 Å². The smallest absolute Gasteiger partial charge is 0.407 e. The van der Waals surface area contributed by atoms with Crippen LogP contribution in [-0.2, 0) is 52.7 Å².